The number of rotatable bonds is 4. The average molecular weight is 385 g/mol. The number of hydrogen-bond donors (Lipinski definition) is 1. The summed E-state index contributed by atoms with van der Waals surface area (Å²) in [5.41, 5.74) is 0.402. The molecule has 4 atom stereocenters. The average Bonchev–Trinajstić information content (AvgIpc) is 3.37. The van der Waals surface area contributed by atoms with Crippen LogP contribution in [0.5, 0.6) is 5.75 Å². The summed E-state index contributed by atoms with van der Waals surface area (Å²) >= 11 is 0. The summed E-state index contributed by atoms with van der Waals surface area (Å²) in [6.07, 6.45) is 1.71. The van der Waals surface area contributed by atoms with Crippen LogP contribution in [0.15, 0.2) is 47.1 Å². The van der Waals surface area contributed by atoms with Gasteiger partial charge in [0.2, 0.25) is 0 Å². The number of carbonyl (C=O) groups excluding carboxylic acids is 2. The number of ether oxygens (including phenoxy) is 2. The number of amides is 1. The smallest absolute Gasteiger partial charge is 0.337 e. The summed E-state index contributed by atoms with van der Waals surface area (Å²) in [6, 6.07) is 10.1. The van der Waals surface area contributed by atoms with E-state index in [2.05, 4.69) is 0 Å². The highest BCUT2D eigenvalue weighted by Crippen LogP contribution is 2.38. The van der Waals surface area contributed by atoms with Gasteiger partial charge >= 0.3 is 5.97 Å². The first-order valence-corrected chi connectivity index (χ1v) is 9.41. The molecule has 0 unspecified atom stereocenters. The maximum atomic E-state index is 12.5. The van der Waals surface area contributed by atoms with Gasteiger partial charge in [0.1, 0.15) is 11.9 Å². The van der Waals surface area contributed by atoms with E-state index in [-0.39, 0.29) is 23.8 Å². The fourth-order valence-electron chi connectivity index (χ4n) is 4.23. The number of likely N-dealkylation sites (tertiary alicyclic amines) is 1. The third-order valence-corrected chi connectivity index (χ3v) is 5.65. The Morgan fingerprint density at radius 3 is 2.64 bits per heavy atom. The lowest BCUT2D eigenvalue weighted by atomic mass is 9.78. The molecule has 0 spiro atoms. The molecular formula is C21H23NO6. The summed E-state index contributed by atoms with van der Waals surface area (Å²) in [7, 11) is 1.33. The molecule has 1 aromatic heterocycles. The van der Waals surface area contributed by atoms with E-state index >= 15 is 0 Å². The molecule has 28 heavy (non-hydrogen) atoms. The van der Waals surface area contributed by atoms with E-state index in [4.69, 9.17) is 13.9 Å². The summed E-state index contributed by atoms with van der Waals surface area (Å²) in [6.45, 7) is 1.24. The number of benzene rings is 1. The van der Waals surface area contributed by atoms with Crippen molar-refractivity contribution in [3.8, 4) is 5.75 Å². The third kappa shape index (κ3) is 3.62. The molecule has 7 heteroatoms. The quantitative estimate of drug-likeness (QED) is 0.813. The van der Waals surface area contributed by atoms with Crippen LogP contribution < -0.4 is 4.74 Å². The van der Waals surface area contributed by atoms with Crippen LogP contribution in [0.4, 0.5) is 0 Å². The molecule has 1 aromatic carbocycles. The van der Waals surface area contributed by atoms with Crippen LogP contribution in [-0.4, -0.2) is 54.3 Å². The van der Waals surface area contributed by atoms with Gasteiger partial charge in [0.05, 0.1) is 25.0 Å². The van der Waals surface area contributed by atoms with E-state index in [0.717, 1.165) is 0 Å². The van der Waals surface area contributed by atoms with Gasteiger partial charge in [0.15, 0.2) is 5.76 Å². The second-order valence-electron chi connectivity index (χ2n) is 7.42. The number of furan rings is 1. The van der Waals surface area contributed by atoms with E-state index < -0.39 is 12.1 Å². The first-order valence-electron chi connectivity index (χ1n) is 9.41. The van der Waals surface area contributed by atoms with Crippen LogP contribution >= 0.6 is 0 Å². The van der Waals surface area contributed by atoms with Crippen LogP contribution in [0, 0.1) is 11.8 Å². The Labute approximate surface area is 162 Å². The standard InChI is InChI=1S/C21H23NO6/c1-26-21(25)13-4-2-5-16(8-13)28-19-10-15-12-22(11-14(15)9-17(19)23)20(24)18-6-3-7-27-18/h2-8,14-15,17,19,23H,9-12H2,1H3/t14-,15+,17+,19+/m0/s1. The molecule has 2 fully saturated rings. The maximum Gasteiger partial charge on any atom is 0.337 e. The molecule has 0 bridgehead atoms. The predicted molar refractivity (Wildman–Crippen MR) is 99.0 cm³/mol. The number of aliphatic hydroxyl groups excluding tert-OH is 1. The zero-order valence-corrected chi connectivity index (χ0v) is 15.6. The number of methoxy groups -OCH3 is 1. The number of aliphatic hydroxyl groups is 1. The van der Waals surface area contributed by atoms with Crippen LogP contribution in [0.1, 0.15) is 33.8 Å². The monoisotopic (exact) mass is 385 g/mol. The lowest BCUT2D eigenvalue weighted by Crippen LogP contribution is -2.42. The van der Waals surface area contributed by atoms with Gasteiger partial charge in [-0.05, 0) is 55.0 Å². The number of hydrogen-bond acceptors (Lipinski definition) is 6. The van der Waals surface area contributed by atoms with Gasteiger partial charge in [-0.3, -0.25) is 4.79 Å². The minimum atomic E-state index is -0.623. The van der Waals surface area contributed by atoms with Gasteiger partial charge in [-0.25, -0.2) is 4.79 Å². The van der Waals surface area contributed by atoms with Crippen LogP contribution in [0.3, 0.4) is 0 Å². The largest absolute Gasteiger partial charge is 0.488 e. The Morgan fingerprint density at radius 1 is 1.14 bits per heavy atom. The van der Waals surface area contributed by atoms with Gasteiger partial charge in [-0.2, -0.15) is 0 Å². The maximum absolute atomic E-state index is 12.5. The highest BCUT2D eigenvalue weighted by molar-refractivity contribution is 5.91. The fraction of sp³-hybridized carbons (Fsp3) is 0.429. The lowest BCUT2D eigenvalue weighted by molar-refractivity contribution is -0.0231. The molecule has 2 aromatic rings. The number of carbonyl (C=O) groups is 2. The van der Waals surface area contributed by atoms with E-state index in [1.165, 1.54) is 13.4 Å². The minimum absolute atomic E-state index is 0.114. The molecule has 2 heterocycles. The van der Waals surface area contributed by atoms with Crippen LogP contribution in [-0.2, 0) is 4.74 Å². The Kier molecular flexibility index (Phi) is 5.09. The minimum Gasteiger partial charge on any atom is -0.488 e. The summed E-state index contributed by atoms with van der Waals surface area (Å²) in [4.78, 5) is 26.0. The summed E-state index contributed by atoms with van der Waals surface area (Å²) < 4.78 is 16.0. The molecular weight excluding hydrogens is 362 g/mol. The van der Waals surface area contributed by atoms with E-state index in [0.29, 0.717) is 43.0 Å². The molecule has 1 aliphatic heterocycles. The van der Waals surface area contributed by atoms with Gasteiger partial charge in [0.25, 0.3) is 5.91 Å². The fourth-order valence-corrected chi connectivity index (χ4v) is 4.23. The molecule has 1 saturated heterocycles. The van der Waals surface area contributed by atoms with Crippen molar-refractivity contribution in [2.45, 2.75) is 25.0 Å². The molecule has 1 N–H and O–H groups in total. The first-order chi connectivity index (χ1) is 13.5. The van der Waals surface area contributed by atoms with Crippen molar-refractivity contribution < 1.29 is 28.6 Å². The molecule has 1 saturated carbocycles. The van der Waals surface area contributed by atoms with Gasteiger partial charge in [-0.15, -0.1) is 0 Å². The molecule has 4 rings (SSSR count). The van der Waals surface area contributed by atoms with Crippen molar-refractivity contribution >= 4 is 11.9 Å². The zero-order chi connectivity index (χ0) is 19.7. The van der Waals surface area contributed by atoms with Gasteiger partial charge in [0, 0.05) is 13.1 Å². The van der Waals surface area contributed by atoms with E-state index in [1.54, 1.807) is 41.3 Å². The summed E-state index contributed by atoms with van der Waals surface area (Å²) in [5.74, 6) is 0.819. The third-order valence-electron chi connectivity index (χ3n) is 5.65. The highest BCUT2D eigenvalue weighted by Gasteiger charge is 2.44. The zero-order valence-electron chi connectivity index (χ0n) is 15.6. The second-order valence-corrected chi connectivity index (χ2v) is 7.42. The normalized spacial score (nSPS) is 26.6. The highest BCUT2D eigenvalue weighted by atomic mass is 16.5. The number of esters is 1. The van der Waals surface area contributed by atoms with Crippen LogP contribution in [0.25, 0.3) is 0 Å². The summed E-state index contributed by atoms with van der Waals surface area (Å²) in [5, 5.41) is 10.6. The number of nitrogens with zero attached hydrogens (tertiary/aromatic N) is 1. The molecule has 1 amide bonds. The van der Waals surface area contributed by atoms with Crippen molar-refractivity contribution in [1.82, 2.24) is 4.90 Å². The Bertz CT molecular complexity index is 848. The molecule has 2 aliphatic rings. The topological polar surface area (TPSA) is 89.2 Å². The van der Waals surface area contributed by atoms with E-state index in [1.807, 2.05) is 0 Å². The van der Waals surface area contributed by atoms with Gasteiger partial charge < -0.3 is 23.9 Å². The van der Waals surface area contributed by atoms with Crippen molar-refractivity contribution in [2.75, 3.05) is 20.2 Å². The molecule has 148 valence electrons. The van der Waals surface area contributed by atoms with Crippen molar-refractivity contribution in [2.24, 2.45) is 11.8 Å². The SMILES string of the molecule is COC(=O)c1cccc(O[C@@H]2C[C@@H]3CN(C(=O)c4ccco4)C[C@@H]3C[C@H]2O)c1. The molecule has 0 radical (unpaired) electrons. The van der Waals surface area contributed by atoms with Crippen molar-refractivity contribution in [1.29, 1.82) is 0 Å². The molecule has 7 nitrogen and oxygen atoms in total. The Hall–Kier alpha value is -2.80. The lowest BCUT2D eigenvalue weighted by Gasteiger charge is -2.35. The Morgan fingerprint density at radius 2 is 1.93 bits per heavy atom. The van der Waals surface area contributed by atoms with Gasteiger partial charge in [-0.1, -0.05) is 6.07 Å². The Balaban J connectivity index is 1.42. The first kappa shape index (κ1) is 18.6. The van der Waals surface area contributed by atoms with E-state index in [9.17, 15) is 14.7 Å². The predicted octanol–water partition coefficient (Wildman–Crippen LogP) is 2.36. The number of fused-ring (bicyclic) bond motifs is 1. The van der Waals surface area contributed by atoms with Crippen molar-refractivity contribution in [3.63, 3.8) is 0 Å². The van der Waals surface area contributed by atoms with Crippen molar-refractivity contribution in [3.05, 3.63) is 54.0 Å². The molecule has 1 aliphatic carbocycles. The second kappa shape index (κ2) is 7.67. The van der Waals surface area contributed by atoms with Crippen LogP contribution in [0.2, 0.25) is 0 Å².